The number of carbonyl (C=O) groups excluding carboxylic acids is 3. The Morgan fingerprint density at radius 2 is 1.80 bits per heavy atom. The average molecular weight is 482 g/mol. The second-order valence-electron chi connectivity index (χ2n) is 8.46. The van der Waals surface area contributed by atoms with Crippen molar-refractivity contribution in [3.8, 4) is 5.69 Å². The molecule has 1 atom stereocenters. The third-order valence-electron chi connectivity index (χ3n) is 4.61. The Labute approximate surface area is 200 Å². The Balaban J connectivity index is 1.70. The van der Waals surface area contributed by atoms with Crippen LogP contribution >= 0.6 is 0 Å². The van der Waals surface area contributed by atoms with Crippen molar-refractivity contribution in [2.24, 2.45) is 0 Å². The molecule has 0 radical (unpaired) electrons. The highest BCUT2D eigenvalue weighted by Gasteiger charge is 2.25. The van der Waals surface area contributed by atoms with E-state index in [0.29, 0.717) is 11.3 Å². The first-order valence-corrected chi connectivity index (χ1v) is 10.6. The minimum Gasteiger partial charge on any atom is -0.467 e. The summed E-state index contributed by atoms with van der Waals surface area (Å²) in [4.78, 5) is 56.5. The van der Waals surface area contributed by atoms with E-state index in [2.05, 4.69) is 20.6 Å². The summed E-state index contributed by atoms with van der Waals surface area (Å²) in [5, 5.41) is 5.03. The average Bonchev–Trinajstić information content (AvgIpc) is 3.33. The maximum absolute atomic E-state index is 12.5. The molecule has 0 spiro atoms. The van der Waals surface area contributed by atoms with E-state index in [9.17, 15) is 19.2 Å². The first kappa shape index (κ1) is 25.1. The van der Waals surface area contributed by atoms with Crippen molar-refractivity contribution in [2.75, 3.05) is 12.4 Å². The second-order valence-corrected chi connectivity index (χ2v) is 8.46. The van der Waals surface area contributed by atoms with Crippen molar-refractivity contribution in [1.29, 1.82) is 0 Å². The fraction of sp³-hybridized carbons (Fsp3) is 0.304. The van der Waals surface area contributed by atoms with Gasteiger partial charge < -0.3 is 14.8 Å². The highest BCUT2D eigenvalue weighted by atomic mass is 16.6. The summed E-state index contributed by atoms with van der Waals surface area (Å²) in [6.45, 7) is 5.15. The van der Waals surface area contributed by atoms with Crippen LogP contribution in [0.15, 0.2) is 60.0 Å². The van der Waals surface area contributed by atoms with E-state index in [1.54, 1.807) is 45.0 Å². The molecule has 2 aromatic heterocycles. The van der Waals surface area contributed by atoms with Crippen LogP contribution in [0.1, 0.15) is 26.3 Å². The summed E-state index contributed by atoms with van der Waals surface area (Å²) >= 11 is 0. The highest BCUT2D eigenvalue weighted by molar-refractivity contribution is 5.89. The Bertz CT molecular complexity index is 1240. The normalized spacial score (nSPS) is 11.9. The van der Waals surface area contributed by atoms with Gasteiger partial charge in [-0.15, -0.1) is 0 Å². The number of benzene rings is 1. The molecule has 0 unspecified atom stereocenters. The van der Waals surface area contributed by atoms with Crippen LogP contribution in [-0.2, 0) is 20.7 Å². The van der Waals surface area contributed by atoms with Gasteiger partial charge in [0.2, 0.25) is 0 Å². The smallest absolute Gasteiger partial charge is 0.408 e. The van der Waals surface area contributed by atoms with Crippen LogP contribution in [0.3, 0.4) is 0 Å². The molecule has 1 aromatic carbocycles. The van der Waals surface area contributed by atoms with Gasteiger partial charge in [0.05, 0.1) is 12.8 Å². The van der Waals surface area contributed by atoms with Gasteiger partial charge in [-0.25, -0.2) is 24.2 Å². The molecule has 0 fully saturated rings. The lowest BCUT2D eigenvalue weighted by molar-refractivity contribution is -0.143. The standard InChI is InChI=1S/C23H26N6O6/c1-23(2,3)35-22(33)25-17(19(30)34-4)13-15-5-7-16(8-6-15)29-11-9-18(27-21(29)32)26-20(31)28-12-10-24-14-28/h5-12,14,17H,13H2,1-4H3,(H,25,33)(H,26,27,31,32)/t17-/m0/s1. The topological polar surface area (TPSA) is 146 Å². The van der Waals surface area contributed by atoms with Gasteiger partial charge in [-0.2, -0.15) is 4.98 Å². The number of aromatic nitrogens is 4. The maximum Gasteiger partial charge on any atom is 0.408 e. The number of nitrogens with one attached hydrogen (secondary N) is 2. The quantitative estimate of drug-likeness (QED) is 0.508. The monoisotopic (exact) mass is 482 g/mol. The summed E-state index contributed by atoms with van der Waals surface area (Å²) in [5.74, 6) is -0.524. The number of anilines is 1. The molecule has 0 saturated carbocycles. The van der Waals surface area contributed by atoms with Crippen LogP contribution in [0, 0.1) is 0 Å². The molecule has 0 saturated heterocycles. The van der Waals surface area contributed by atoms with Crippen molar-refractivity contribution in [2.45, 2.75) is 38.8 Å². The van der Waals surface area contributed by atoms with Crippen molar-refractivity contribution < 1.29 is 23.9 Å². The van der Waals surface area contributed by atoms with Crippen molar-refractivity contribution >= 4 is 23.9 Å². The van der Waals surface area contributed by atoms with E-state index in [-0.39, 0.29) is 12.2 Å². The molecule has 184 valence electrons. The van der Waals surface area contributed by atoms with Gasteiger partial charge in [0.15, 0.2) is 0 Å². The van der Waals surface area contributed by atoms with Crippen molar-refractivity contribution in [3.05, 3.63) is 71.3 Å². The van der Waals surface area contributed by atoms with E-state index in [1.807, 2.05) is 0 Å². The number of methoxy groups -OCH3 is 1. The summed E-state index contributed by atoms with van der Waals surface area (Å²) in [6.07, 6.45) is 5.14. The molecule has 3 rings (SSSR count). The number of amides is 2. The molecule has 0 bridgehead atoms. The fourth-order valence-electron chi connectivity index (χ4n) is 3.04. The van der Waals surface area contributed by atoms with Crippen LogP contribution in [0.2, 0.25) is 0 Å². The molecule has 2 heterocycles. The summed E-state index contributed by atoms with van der Waals surface area (Å²) in [6, 6.07) is 6.79. The zero-order valence-electron chi connectivity index (χ0n) is 19.7. The first-order valence-electron chi connectivity index (χ1n) is 10.6. The van der Waals surface area contributed by atoms with E-state index >= 15 is 0 Å². The molecule has 3 aromatic rings. The van der Waals surface area contributed by atoms with Crippen LogP contribution in [0.5, 0.6) is 0 Å². The summed E-state index contributed by atoms with van der Waals surface area (Å²) in [5.41, 5.74) is -0.0787. The van der Waals surface area contributed by atoms with Gasteiger partial charge in [0.25, 0.3) is 0 Å². The van der Waals surface area contributed by atoms with Gasteiger partial charge in [0.1, 0.15) is 23.8 Å². The number of ether oxygens (including phenoxy) is 2. The molecular weight excluding hydrogens is 456 g/mol. The first-order chi connectivity index (χ1) is 16.6. The van der Waals surface area contributed by atoms with E-state index < -0.39 is 35.4 Å². The molecule has 0 aliphatic heterocycles. The van der Waals surface area contributed by atoms with Crippen molar-refractivity contribution in [3.63, 3.8) is 0 Å². The minimum atomic E-state index is -0.955. The molecule has 2 N–H and O–H groups in total. The van der Waals surface area contributed by atoms with Gasteiger partial charge in [0, 0.05) is 25.0 Å². The molecule has 12 nitrogen and oxygen atoms in total. The SMILES string of the molecule is COC(=O)[C@H](Cc1ccc(-n2ccc(NC(=O)n3ccnc3)nc2=O)cc1)NC(=O)OC(C)(C)C. The van der Waals surface area contributed by atoms with Crippen LogP contribution in [0.4, 0.5) is 15.4 Å². The van der Waals surface area contributed by atoms with Gasteiger partial charge >= 0.3 is 23.8 Å². The van der Waals surface area contributed by atoms with Crippen LogP contribution in [0.25, 0.3) is 5.69 Å². The third kappa shape index (κ3) is 7.00. The van der Waals surface area contributed by atoms with E-state index in [4.69, 9.17) is 9.47 Å². The molecule has 12 heteroatoms. The molecule has 2 amide bonds. The number of esters is 1. The Morgan fingerprint density at radius 1 is 1.09 bits per heavy atom. The molecule has 35 heavy (non-hydrogen) atoms. The number of imidazole rings is 1. The highest BCUT2D eigenvalue weighted by Crippen LogP contribution is 2.13. The van der Waals surface area contributed by atoms with Crippen LogP contribution < -0.4 is 16.3 Å². The molecular formula is C23H26N6O6. The number of hydrogen-bond acceptors (Lipinski definition) is 8. The maximum atomic E-state index is 12.5. The second kappa shape index (κ2) is 10.6. The zero-order chi connectivity index (χ0) is 25.6. The summed E-state index contributed by atoms with van der Waals surface area (Å²) < 4.78 is 12.5. The predicted molar refractivity (Wildman–Crippen MR) is 125 cm³/mol. The van der Waals surface area contributed by atoms with Gasteiger partial charge in [-0.1, -0.05) is 12.1 Å². The van der Waals surface area contributed by atoms with Crippen LogP contribution in [-0.4, -0.2) is 55.9 Å². The zero-order valence-corrected chi connectivity index (χ0v) is 19.7. The lowest BCUT2D eigenvalue weighted by Gasteiger charge is -2.22. The minimum absolute atomic E-state index is 0.0932. The van der Waals surface area contributed by atoms with Gasteiger partial charge in [-0.3, -0.25) is 14.5 Å². The Morgan fingerprint density at radius 3 is 2.37 bits per heavy atom. The predicted octanol–water partition coefficient (Wildman–Crippen LogP) is 2.12. The van der Waals surface area contributed by atoms with Gasteiger partial charge in [-0.05, 0) is 44.5 Å². The number of rotatable bonds is 6. The number of alkyl carbamates (subject to hydrolysis) is 1. The van der Waals surface area contributed by atoms with E-state index in [1.165, 1.54) is 47.2 Å². The lowest BCUT2D eigenvalue weighted by atomic mass is 10.1. The Kier molecular flexibility index (Phi) is 7.64. The van der Waals surface area contributed by atoms with E-state index in [0.717, 1.165) is 0 Å². The number of hydrogen-bond donors (Lipinski definition) is 2. The largest absolute Gasteiger partial charge is 0.467 e. The fourth-order valence-corrected chi connectivity index (χ4v) is 3.04. The number of nitrogens with zero attached hydrogens (tertiary/aromatic N) is 4. The lowest BCUT2D eigenvalue weighted by Crippen LogP contribution is -2.45. The van der Waals surface area contributed by atoms with Crippen molar-refractivity contribution in [1.82, 2.24) is 24.4 Å². The molecule has 0 aliphatic carbocycles. The Hall–Kier alpha value is -4.48. The number of carbonyl (C=O) groups is 3. The summed E-state index contributed by atoms with van der Waals surface area (Å²) in [7, 11) is 1.23. The molecule has 0 aliphatic rings. The third-order valence-corrected chi connectivity index (χ3v) is 4.61.